The van der Waals surface area contributed by atoms with Crippen LogP contribution < -0.4 is 5.32 Å². The Balaban J connectivity index is 1.83. The first-order valence-corrected chi connectivity index (χ1v) is 10.5. The lowest BCUT2D eigenvalue weighted by Crippen LogP contribution is -2.25. The summed E-state index contributed by atoms with van der Waals surface area (Å²) < 4.78 is 2.13. The van der Waals surface area contributed by atoms with Crippen molar-refractivity contribution in [1.29, 1.82) is 0 Å². The zero-order chi connectivity index (χ0) is 19.9. The van der Waals surface area contributed by atoms with Gasteiger partial charge >= 0.3 is 0 Å². The molecule has 0 unspecified atom stereocenters. The van der Waals surface area contributed by atoms with Crippen molar-refractivity contribution in [3.05, 3.63) is 60.7 Å². The lowest BCUT2D eigenvalue weighted by atomic mass is 10.2. The Kier molecular flexibility index (Phi) is 6.87. The summed E-state index contributed by atoms with van der Waals surface area (Å²) >= 11 is 1.48. The zero-order valence-electron chi connectivity index (χ0n) is 16.5. The van der Waals surface area contributed by atoms with Gasteiger partial charge < -0.3 is 9.88 Å². The number of nitrogens with one attached hydrogen (secondary N) is 1. The number of thioether (sulfide) groups is 1. The lowest BCUT2D eigenvalue weighted by Gasteiger charge is -2.17. The summed E-state index contributed by atoms with van der Waals surface area (Å²) in [4.78, 5) is 12.8. The van der Waals surface area contributed by atoms with Crippen LogP contribution in [0.3, 0.4) is 0 Å². The molecule has 0 saturated heterocycles. The summed E-state index contributed by atoms with van der Waals surface area (Å²) in [5, 5.41) is 12.4. The van der Waals surface area contributed by atoms with Crippen LogP contribution in [0.15, 0.2) is 65.8 Å². The summed E-state index contributed by atoms with van der Waals surface area (Å²) in [5.74, 6) is 1.27. The molecular formula is C22H26N4OS. The van der Waals surface area contributed by atoms with Gasteiger partial charge in [-0.2, -0.15) is 0 Å². The maximum absolute atomic E-state index is 12.8. The second kappa shape index (κ2) is 9.55. The highest BCUT2D eigenvalue weighted by molar-refractivity contribution is 8.00. The van der Waals surface area contributed by atoms with Crippen LogP contribution in [0.4, 0.5) is 5.69 Å². The van der Waals surface area contributed by atoms with E-state index in [4.69, 9.17) is 0 Å². The van der Waals surface area contributed by atoms with Crippen molar-refractivity contribution >= 4 is 23.4 Å². The van der Waals surface area contributed by atoms with E-state index in [2.05, 4.69) is 33.9 Å². The van der Waals surface area contributed by atoms with Crippen LogP contribution in [-0.4, -0.2) is 25.9 Å². The molecule has 0 spiro atoms. The SMILES string of the molecule is CC[C@H](Sc1nnc(-c2ccccc2)n1CC(C)C)C(=O)Nc1ccccc1. The van der Waals surface area contributed by atoms with Gasteiger partial charge in [-0.15, -0.1) is 10.2 Å². The molecule has 0 fully saturated rings. The number of nitrogens with zero attached hydrogens (tertiary/aromatic N) is 3. The largest absolute Gasteiger partial charge is 0.325 e. The topological polar surface area (TPSA) is 59.8 Å². The van der Waals surface area contributed by atoms with Gasteiger partial charge in [-0.3, -0.25) is 4.79 Å². The summed E-state index contributed by atoms with van der Waals surface area (Å²) in [7, 11) is 0. The maximum Gasteiger partial charge on any atom is 0.237 e. The van der Waals surface area contributed by atoms with E-state index in [0.29, 0.717) is 12.3 Å². The number of para-hydroxylation sites is 1. The molecule has 0 saturated carbocycles. The van der Waals surface area contributed by atoms with E-state index in [1.807, 2.05) is 67.6 Å². The average molecular weight is 395 g/mol. The van der Waals surface area contributed by atoms with Gasteiger partial charge in [0.1, 0.15) is 0 Å². The third-order valence-electron chi connectivity index (χ3n) is 4.25. The molecule has 1 N–H and O–H groups in total. The van der Waals surface area contributed by atoms with Crippen molar-refractivity contribution in [2.45, 2.75) is 44.1 Å². The van der Waals surface area contributed by atoms with Crippen molar-refractivity contribution in [3.8, 4) is 11.4 Å². The molecule has 3 rings (SSSR count). The number of carbonyl (C=O) groups excluding carboxylic acids is 1. The fraction of sp³-hybridized carbons (Fsp3) is 0.318. The first-order chi connectivity index (χ1) is 13.6. The highest BCUT2D eigenvalue weighted by Gasteiger charge is 2.23. The van der Waals surface area contributed by atoms with Crippen LogP contribution >= 0.6 is 11.8 Å². The minimum absolute atomic E-state index is 0.0148. The predicted octanol–water partition coefficient (Wildman–Crippen LogP) is 5.11. The Hall–Kier alpha value is -2.60. The van der Waals surface area contributed by atoms with Crippen molar-refractivity contribution < 1.29 is 4.79 Å². The number of rotatable bonds is 8. The Morgan fingerprint density at radius 1 is 1.04 bits per heavy atom. The van der Waals surface area contributed by atoms with Crippen molar-refractivity contribution in [3.63, 3.8) is 0 Å². The van der Waals surface area contributed by atoms with E-state index in [1.54, 1.807) is 0 Å². The van der Waals surface area contributed by atoms with E-state index in [1.165, 1.54) is 11.8 Å². The van der Waals surface area contributed by atoms with Crippen LogP contribution in [0.25, 0.3) is 11.4 Å². The molecule has 146 valence electrons. The third-order valence-corrected chi connectivity index (χ3v) is 5.59. The van der Waals surface area contributed by atoms with Gasteiger partial charge in [0.05, 0.1) is 5.25 Å². The standard InChI is InChI=1S/C22H26N4OS/c1-4-19(21(27)23-18-13-9-6-10-14-18)28-22-25-24-20(26(22)15-16(2)3)17-11-7-5-8-12-17/h5-14,16,19H,4,15H2,1-3H3,(H,23,27)/t19-/m0/s1. The molecular weight excluding hydrogens is 368 g/mol. The van der Waals surface area contributed by atoms with Gasteiger partial charge in [-0.25, -0.2) is 0 Å². The van der Waals surface area contributed by atoms with Crippen LogP contribution in [0.1, 0.15) is 27.2 Å². The average Bonchev–Trinajstić information content (AvgIpc) is 3.09. The van der Waals surface area contributed by atoms with Crippen molar-refractivity contribution in [2.24, 2.45) is 5.92 Å². The number of carbonyl (C=O) groups is 1. The monoisotopic (exact) mass is 394 g/mol. The molecule has 0 aliphatic rings. The van der Waals surface area contributed by atoms with Crippen LogP contribution in [0, 0.1) is 5.92 Å². The second-order valence-electron chi connectivity index (χ2n) is 7.05. The number of anilines is 1. The summed E-state index contributed by atoms with van der Waals surface area (Å²) in [6.07, 6.45) is 0.707. The van der Waals surface area contributed by atoms with Crippen molar-refractivity contribution in [2.75, 3.05) is 5.32 Å². The minimum atomic E-state index is -0.237. The van der Waals surface area contributed by atoms with Crippen LogP contribution in [0.5, 0.6) is 0 Å². The first kappa shape index (κ1) is 20.1. The Labute approximate surface area is 170 Å². The molecule has 2 aromatic carbocycles. The smallest absolute Gasteiger partial charge is 0.237 e. The Morgan fingerprint density at radius 2 is 1.68 bits per heavy atom. The van der Waals surface area contributed by atoms with Crippen LogP contribution in [-0.2, 0) is 11.3 Å². The van der Waals surface area contributed by atoms with E-state index in [9.17, 15) is 4.79 Å². The van der Waals surface area contributed by atoms with E-state index >= 15 is 0 Å². The molecule has 1 amide bonds. The quantitative estimate of drug-likeness (QED) is 0.539. The first-order valence-electron chi connectivity index (χ1n) is 9.59. The van der Waals surface area contributed by atoms with E-state index < -0.39 is 0 Å². The minimum Gasteiger partial charge on any atom is -0.325 e. The number of benzene rings is 2. The maximum atomic E-state index is 12.8. The van der Waals surface area contributed by atoms with Gasteiger partial charge in [0.2, 0.25) is 5.91 Å². The summed E-state index contributed by atoms with van der Waals surface area (Å²) in [6, 6.07) is 19.6. The highest BCUT2D eigenvalue weighted by Crippen LogP contribution is 2.29. The predicted molar refractivity (Wildman–Crippen MR) is 115 cm³/mol. The molecule has 28 heavy (non-hydrogen) atoms. The fourth-order valence-electron chi connectivity index (χ4n) is 2.90. The van der Waals surface area contributed by atoms with Crippen LogP contribution in [0.2, 0.25) is 0 Å². The molecule has 1 aromatic heterocycles. The number of hydrogen-bond donors (Lipinski definition) is 1. The molecule has 0 bridgehead atoms. The third kappa shape index (κ3) is 5.01. The molecule has 1 heterocycles. The summed E-state index contributed by atoms with van der Waals surface area (Å²) in [6.45, 7) is 7.16. The van der Waals surface area contributed by atoms with Crippen molar-refractivity contribution in [1.82, 2.24) is 14.8 Å². The van der Waals surface area contributed by atoms with Gasteiger partial charge in [0.15, 0.2) is 11.0 Å². The van der Waals surface area contributed by atoms with E-state index in [0.717, 1.165) is 28.8 Å². The second-order valence-corrected chi connectivity index (χ2v) is 8.22. The molecule has 1 atom stereocenters. The molecule has 0 aliphatic carbocycles. The molecule has 0 radical (unpaired) electrons. The van der Waals surface area contributed by atoms with E-state index in [-0.39, 0.29) is 11.2 Å². The van der Waals surface area contributed by atoms with Gasteiger partial charge in [-0.05, 0) is 24.5 Å². The number of hydrogen-bond acceptors (Lipinski definition) is 4. The lowest BCUT2D eigenvalue weighted by molar-refractivity contribution is -0.115. The van der Waals surface area contributed by atoms with Gasteiger partial charge in [0, 0.05) is 17.8 Å². The Morgan fingerprint density at radius 3 is 2.29 bits per heavy atom. The zero-order valence-corrected chi connectivity index (χ0v) is 17.3. The summed E-state index contributed by atoms with van der Waals surface area (Å²) in [5.41, 5.74) is 1.84. The number of amides is 1. The normalized spacial score (nSPS) is 12.1. The molecule has 0 aliphatic heterocycles. The van der Waals surface area contributed by atoms with Gasteiger partial charge in [-0.1, -0.05) is 81.1 Å². The fourth-order valence-corrected chi connectivity index (χ4v) is 3.86. The molecule has 6 heteroatoms. The Bertz CT molecular complexity index is 893. The number of aromatic nitrogens is 3. The molecule has 3 aromatic rings. The van der Waals surface area contributed by atoms with Gasteiger partial charge in [0.25, 0.3) is 0 Å². The highest BCUT2D eigenvalue weighted by atomic mass is 32.2. The molecule has 5 nitrogen and oxygen atoms in total.